The van der Waals surface area contributed by atoms with Crippen molar-refractivity contribution in [1.29, 1.82) is 0 Å². The van der Waals surface area contributed by atoms with Crippen molar-refractivity contribution in [2.45, 2.75) is 44.8 Å². The highest BCUT2D eigenvalue weighted by molar-refractivity contribution is 6.02. The molecule has 0 N–H and O–H groups in total. The van der Waals surface area contributed by atoms with Gasteiger partial charge in [0, 0.05) is 5.69 Å². The normalized spacial score (nSPS) is 31.5. The van der Waals surface area contributed by atoms with Crippen molar-refractivity contribution in [3.05, 3.63) is 42.0 Å². The summed E-state index contributed by atoms with van der Waals surface area (Å²) in [5.74, 6) is -1.37. The van der Waals surface area contributed by atoms with Crippen LogP contribution in [0.3, 0.4) is 0 Å². The van der Waals surface area contributed by atoms with E-state index in [2.05, 4.69) is 6.92 Å². The summed E-state index contributed by atoms with van der Waals surface area (Å²) >= 11 is 0. The van der Waals surface area contributed by atoms with Crippen LogP contribution >= 0.6 is 0 Å². The number of fused-ring (bicyclic) bond motifs is 1. The highest BCUT2D eigenvalue weighted by Crippen LogP contribution is 2.52. The quantitative estimate of drug-likeness (QED) is 0.447. The lowest BCUT2D eigenvalue weighted by atomic mass is 9.77. The van der Waals surface area contributed by atoms with E-state index in [0.29, 0.717) is 13.2 Å². The van der Waals surface area contributed by atoms with E-state index < -0.39 is 17.4 Å². The molecule has 3 aliphatic rings. The molecule has 26 heavy (non-hydrogen) atoms. The Balaban J connectivity index is 1.55. The van der Waals surface area contributed by atoms with Crippen LogP contribution in [0.15, 0.2) is 36.4 Å². The summed E-state index contributed by atoms with van der Waals surface area (Å²) in [5, 5.41) is 0. The van der Waals surface area contributed by atoms with Crippen molar-refractivity contribution in [2.75, 3.05) is 18.1 Å². The van der Waals surface area contributed by atoms with Crippen LogP contribution in [0, 0.1) is 18.8 Å². The molecule has 5 heteroatoms. The maximum Gasteiger partial charge on any atom is 0.312 e. The Morgan fingerprint density at radius 3 is 3.00 bits per heavy atom. The molecule has 0 radical (unpaired) electrons. The zero-order valence-corrected chi connectivity index (χ0v) is 15.3. The standard InChI is InChI=1S/C21H25NO4/c1-3-4-5-11-25-20(24)17-16-9-10-21(26-16)13-22(19(23)18(17)21)15-8-6-7-14(2)12-15/h6-10,12,16-18H,3-5,11,13H2,1-2H3/t16-,17?,18+,21-/m1/s1. The van der Waals surface area contributed by atoms with Crippen LogP contribution in [0.4, 0.5) is 5.69 Å². The summed E-state index contributed by atoms with van der Waals surface area (Å²) in [6.45, 7) is 4.97. The SMILES string of the molecule is CCCCCOC(=O)C1[C@H]2C(=O)N(c3cccc(C)c3)C[C@]23C=C[C@H]1O3. The molecule has 0 saturated carbocycles. The van der Waals surface area contributed by atoms with E-state index >= 15 is 0 Å². The second kappa shape index (κ2) is 6.54. The molecule has 2 bridgehead atoms. The molecule has 3 heterocycles. The van der Waals surface area contributed by atoms with E-state index in [9.17, 15) is 9.59 Å². The molecule has 1 spiro atoms. The Morgan fingerprint density at radius 2 is 2.23 bits per heavy atom. The molecule has 4 atom stereocenters. The van der Waals surface area contributed by atoms with E-state index in [1.807, 2.05) is 43.3 Å². The third-order valence-electron chi connectivity index (χ3n) is 5.68. The average Bonchev–Trinajstić information content (AvgIpc) is 3.27. The molecule has 3 aliphatic heterocycles. The third kappa shape index (κ3) is 2.65. The molecule has 2 saturated heterocycles. The third-order valence-corrected chi connectivity index (χ3v) is 5.68. The van der Waals surface area contributed by atoms with Gasteiger partial charge in [-0.2, -0.15) is 0 Å². The maximum absolute atomic E-state index is 13.2. The number of rotatable bonds is 6. The van der Waals surface area contributed by atoms with Gasteiger partial charge in [0.05, 0.1) is 25.2 Å². The molecule has 138 valence electrons. The van der Waals surface area contributed by atoms with Crippen molar-refractivity contribution in [1.82, 2.24) is 0 Å². The van der Waals surface area contributed by atoms with Crippen LogP contribution in [0.2, 0.25) is 0 Å². The van der Waals surface area contributed by atoms with Crippen LogP contribution in [-0.4, -0.2) is 36.7 Å². The van der Waals surface area contributed by atoms with E-state index in [0.717, 1.165) is 30.5 Å². The predicted octanol–water partition coefficient (Wildman–Crippen LogP) is 3.01. The van der Waals surface area contributed by atoms with Crippen molar-refractivity contribution >= 4 is 17.6 Å². The van der Waals surface area contributed by atoms with E-state index in [-0.39, 0.29) is 18.0 Å². The monoisotopic (exact) mass is 355 g/mol. The molecule has 1 unspecified atom stereocenters. The summed E-state index contributed by atoms with van der Waals surface area (Å²) < 4.78 is 11.6. The molecule has 4 rings (SSSR count). The van der Waals surface area contributed by atoms with Crippen molar-refractivity contribution in [3.8, 4) is 0 Å². The zero-order valence-electron chi connectivity index (χ0n) is 15.3. The van der Waals surface area contributed by atoms with Gasteiger partial charge in [0.15, 0.2) is 0 Å². The minimum absolute atomic E-state index is 0.0436. The van der Waals surface area contributed by atoms with Gasteiger partial charge in [-0.05, 0) is 31.0 Å². The number of unbranched alkanes of at least 4 members (excludes halogenated alkanes) is 2. The molecule has 1 aromatic rings. The highest BCUT2D eigenvalue weighted by atomic mass is 16.6. The molecule has 2 fully saturated rings. The summed E-state index contributed by atoms with van der Waals surface area (Å²) in [7, 11) is 0. The van der Waals surface area contributed by atoms with E-state index in [1.165, 1.54) is 0 Å². The highest BCUT2D eigenvalue weighted by Gasteiger charge is 2.67. The first-order chi connectivity index (χ1) is 12.6. The number of nitrogens with zero attached hydrogens (tertiary/aromatic N) is 1. The van der Waals surface area contributed by atoms with Gasteiger partial charge >= 0.3 is 5.97 Å². The van der Waals surface area contributed by atoms with Crippen molar-refractivity contribution < 1.29 is 19.1 Å². The number of amides is 1. The van der Waals surface area contributed by atoms with Crippen LogP contribution in [0.5, 0.6) is 0 Å². The van der Waals surface area contributed by atoms with Crippen LogP contribution in [0.1, 0.15) is 31.7 Å². The minimum atomic E-state index is -0.696. The van der Waals surface area contributed by atoms with Gasteiger partial charge in [0.1, 0.15) is 11.5 Å². The average molecular weight is 355 g/mol. The fraction of sp³-hybridized carbons (Fsp3) is 0.524. The van der Waals surface area contributed by atoms with E-state index in [1.54, 1.807) is 4.90 Å². The summed E-state index contributed by atoms with van der Waals surface area (Å²) in [6, 6.07) is 7.86. The molecule has 5 nitrogen and oxygen atoms in total. The number of aryl methyl sites for hydroxylation is 1. The molecule has 0 aliphatic carbocycles. The summed E-state index contributed by atoms with van der Waals surface area (Å²) in [6.07, 6.45) is 6.51. The molecule has 1 amide bonds. The number of hydrogen-bond donors (Lipinski definition) is 0. The predicted molar refractivity (Wildman–Crippen MR) is 97.7 cm³/mol. The lowest BCUT2D eigenvalue weighted by Crippen LogP contribution is -2.40. The number of carbonyl (C=O) groups is 2. The molecular weight excluding hydrogens is 330 g/mol. The van der Waals surface area contributed by atoms with Crippen LogP contribution in [0.25, 0.3) is 0 Å². The lowest BCUT2D eigenvalue weighted by molar-refractivity contribution is -0.152. The second-order valence-electron chi connectivity index (χ2n) is 7.54. The van der Waals surface area contributed by atoms with Crippen LogP contribution < -0.4 is 4.90 Å². The van der Waals surface area contributed by atoms with Crippen LogP contribution in [-0.2, 0) is 19.1 Å². The number of benzene rings is 1. The first-order valence-electron chi connectivity index (χ1n) is 9.47. The number of esters is 1. The fourth-order valence-corrected chi connectivity index (χ4v) is 4.40. The molecule has 0 aromatic heterocycles. The van der Waals surface area contributed by atoms with Crippen molar-refractivity contribution in [3.63, 3.8) is 0 Å². The Bertz CT molecular complexity index is 758. The van der Waals surface area contributed by atoms with Gasteiger partial charge in [-0.25, -0.2) is 0 Å². The van der Waals surface area contributed by atoms with Gasteiger partial charge < -0.3 is 14.4 Å². The van der Waals surface area contributed by atoms with Gasteiger partial charge in [-0.1, -0.05) is 44.1 Å². The Hall–Kier alpha value is -2.14. The van der Waals surface area contributed by atoms with Crippen molar-refractivity contribution in [2.24, 2.45) is 11.8 Å². The Labute approximate surface area is 154 Å². The topological polar surface area (TPSA) is 55.8 Å². The number of hydrogen-bond acceptors (Lipinski definition) is 4. The first-order valence-corrected chi connectivity index (χ1v) is 9.47. The molecular formula is C21H25NO4. The minimum Gasteiger partial charge on any atom is -0.465 e. The largest absolute Gasteiger partial charge is 0.465 e. The zero-order chi connectivity index (χ0) is 18.3. The fourth-order valence-electron chi connectivity index (χ4n) is 4.40. The van der Waals surface area contributed by atoms with Gasteiger partial charge in [0.25, 0.3) is 0 Å². The summed E-state index contributed by atoms with van der Waals surface area (Å²) in [4.78, 5) is 27.6. The van der Waals surface area contributed by atoms with Gasteiger partial charge in [-0.15, -0.1) is 0 Å². The maximum atomic E-state index is 13.2. The summed E-state index contributed by atoms with van der Waals surface area (Å²) in [5.41, 5.74) is 1.25. The Kier molecular flexibility index (Phi) is 4.35. The first kappa shape index (κ1) is 17.3. The Morgan fingerprint density at radius 1 is 1.38 bits per heavy atom. The van der Waals surface area contributed by atoms with Gasteiger partial charge in [-0.3, -0.25) is 9.59 Å². The van der Waals surface area contributed by atoms with E-state index in [4.69, 9.17) is 9.47 Å². The smallest absolute Gasteiger partial charge is 0.312 e. The lowest BCUT2D eigenvalue weighted by Gasteiger charge is -2.22. The second-order valence-corrected chi connectivity index (χ2v) is 7.54. The number of carbonyl (C=O) groups excluding carboxylic acids is 2. The van der Waals surface area contributed by atoms with Gasteiger partial charge in [0.2, 0.25) is 5.91 Å². The molecule has 1 aromatic carbocycles. The number of anilines is 1. The number of ether oxygens (including phenoxy) is 2.